The van der Waals surface area contributed by atoms with Gasteiger partial charge in [-0.25, -0.2) is 4.98 Å². The number of halogens is 2. The number of piperidine rings is 1. The van der Waals surface area contributed by atoms with Crippen molar-refractivity contribution in [2.45, 2.75) is 32.6 Å². The number of aromatic nitrogens is 1. The highest BCUT2D eigenvalue weighted by Gasteiger charge is 2.27. The number of ether oxygens (including phenoxy) is 1. The van der Waals surface area contributed by atoms with E-state index in [1.54, 1.807) is 18.2 Å². The average molecular weight is 456 g/mol. The Balaban J connectivity index is 1.35. The van der Waals surface area contributed by atoms with Crippen molar-refractivity contribution in [3.05, 3.63) is 39.3 Å². The van der Waals surface area contributed by atoms with Gasteiger partial charge in [0.1, 0.15) is 5.75 Å². The number of carbonyl (C=O) groups is 2. The van der Waals surface area contributed by atoms with Crippen LogP contribution in [0, 0.1) is 12.8 Å². The summed E-state index contributed by atoms with van der Waals surface area (Å²) >= 11 is 13.3. The molecule has 1 aromatic heterocycles. The van der Waals surface area contributed by atoms with Crippen molar-refractivity contribution in [3.8, 4) is 5.75 Å². The Kier molecular flexibility index (Phi) is 7.75. The molecule has 3 rings (SSSR count). The maximum absolute atomic E-state index is 12.4. The molecule has 1 aliphatic rings. The molecule has 0 spiro atoms. The summed E-state index contributed by atoms with van der Waals surface area (Å²) in [4.78, 5) is 30.9. The Morgan fingerprint density at radius 2 is 2.07 bits per heavy atom. The largest absolute Gasteiger partial charge is 0.492 e. The van der Waals surface area contributed by atoms with Crippen molar-refractivity contribution >= 4 is 51.5 Å². The average Bonchev–Trinajstić information content (AvgIpc) is 3.11. The normalized spacial score (nSPS) is 14.7. The molecule has 156 valence electrons. The minimum atomic E-state index is -0.0846. The highest BCUT2D eigenvalue weighted by molar-refractivity contribution is 7.13. The first-order valence-electron chi connectivity index (χ1n) is 9.51. The van der Waals surface area contributed by atoms with Crippen molar-refractivity contribution in [1.82, 2.24) is 9.88 Å². The van der Waals surface area contributed by atoms with Crippen LogP contribution in [0.2, 0.25) is 10.0 Å². The van der Waals surface area contributed by atoms with Crippen LogP contribution >= 0.6 is 34.5 Å². The number of hydrogen-bond donors (Lipinski definition) is 1. The van der Waals surface area contributed by atoms with E-state index in [1.807, 2.05) is 17.2 Å². The number of benzene rings is 1. The van der Waals surface area contributed by atoms with E-state index < -0.39 is 0 Å². The van der Waals surface area contributed by atoms with E-state index in [1.165, 1.54) is 11.3 Å². The first kappa shape index (κ1) is 21.9. The molecule has 1 aliphatic heterocycles. The molecule has 29 heavy (non-hydrogen) atoms. The monoisotopic (exact) mass is 455 g/mol. The summed E-state index contributed by atoms with van der Waals surface area (Å²) in [5.41, 5.74) is 0.896. The van der Waals surface area contributed by atoms with Crippen molar-refractivity contribution in [3.63, 3.8) is 0 Å². The minimum absolute atomic E-state index is 0.0142. The van der Waals surface area contributed by atoms with E-state index in [2.05, 4.69) is 10.3 Å². The molecular formula is C20H23Cl2N3O3S. The lowest BCUT2D eigenvalue weighted by molar-refractivity contribution is -0.134. The molecule has 0 atom stereocenters. The maximum Gasteiger partial charge on any atom is 0.229 e. The quantitative estimate of drug-likeness (QED) is 0.608. The fourth-order valence-corrected chi connectivity index (χ4v) is 4.32. The summed E-state index contributed by atoms with van der Waals surface area (Å²) in [6.07, 6.45) is 2.33. The van der Waals surface area contributed by atoms with Gasteiger partial charge in [0, 0.05) is 35.8 Å². The molecule has 0 unspecified atom stereocenters. The molecule has 0 aliphatic carbocycles. The first-order chi connectivity index (χ1) is 13.9. The van der Waals surface area contributed by atoms with E-state index >= 15 is 0 Å². The summed E-state index contributed by atoms with van der Waals surface area (Å²) in [7, 11) is 0. The number of hydrogen-bond acceptors (Lipinski definition) is 5. The van der Waals surface area contributed by atoms with E-state index in [-0.39, 0.29) is 17.7 Å². The Morgan fingerprint density at radius 3 is 2.72 bits per heavy atom. The van der Waals surface area contributed by atoms with Crippen LogP contribution in [0.3, 0.4) is 0 Å². The third-order valence-corrected chi connectivity index (χ3v) is 6.16. The molecule has 9 heteroatoms. The second kappa shape index (κ2) is 10.3. The topological polar surface area (TPSA) is 71.5 Å². The lowest BCUT2D eigenvalue weighted by Crippen LogP contribution is -2.41. The standard InChI is InChI=1S/C20H23Cl2N3O3S/c1-13-12-29-20(23-13)24-19(27)14-6-8-25(9-7-14)18(26)3-2-10-28-17-5-4-15(21)11-16(17)22/h4-5,11-12,14H,2-3,6-10H2,1H3,(H,23,24,27). The summed E-state index contributed by atoms with van der Waals surface area (Å²) in [5.74, 6) is 0.550. The van der Waals surface area contributed by atoms with Gasteiger partial charge in [0.05, 0.1) is 17.3 Å². The Morgan fingerprint density at radius 1 is 1.31 bits per heavy atom. The van der Waals surface area contributed by atoms with Gasteiger partial charge < -0.3 is 15.0 Å². The Labute approximate surface area is 184 Å². The second-order valence-electron chi connectivity index (χ2n) is 6.97. The van der Waals surface area contributed by atoms with Crippen LogP contribution in [0.5, 0.6) is 5.75 Å². The summed E-state index contributed by atoms with van der Waals surface area (Å²) < 4.78 is 5.62. The highest BCUT2D eigenvalue weighted by Crippen LogP contribution is 2.27. The molecule has 1 fully saturated rings. The Bertz CT molecular complexity index is 866. The molecule has 0 saturated carbocycles. The number of likely N-dealkylation sites (tertiary alicyclic amines) is 1. The van der Waals surface area contributed by atoms with Gasteiger partial charge in [0.15, 0.2) is 5.13 Å². The van der Waals surface area contributed by atoms with Crippen LogP contribution in [-0.2, 0) is 9.59 Å². The lowest BCUT2D eigenvalue weighted by atomic mass is 9.95. The van der Waals surface area contributed by atoms with E-state index in [0.29, 0.717) is 66.3 Å². The fraction of sp³-hybridized carbons (Fsp3) is 0.450. The van der Waals surface area contributed by atoms with E-state index in [4.69, 9.17) is 27.9 Å². The number of nitrogens with one attached hydrogen (secondary N) is 1. The third-order valence-electron chi connectivity index (χ3n) is 4.75. The number of anilines is 1. The predicted octanol–water partition coefficient (Wildman–Crippen LogP) is 4.79. The molecule has 1 N–H and O–H groups in total. The predicted molar refractivity (Wildman–Crippen MR) is 116 cm³/mol. The van der Waals surface area contributed by atoms with Crippen LogP contribution in [-0.4, -0.2) is 41.4 Å². The molecule has 0 bridgehead atoms. The Hall–Kier alpha value is -1.83. The van der Waals surface area contributed by atoms with Crippen molar-refractivity contribution < 1.29 is 14.3 Å². The van der Waals surface area contributed by atoms with Gasteiger partial charge in [-0.2, -0.15) is 0 Å². The second-order valence-corrected chi connectivity index (χ2v) is 8.67. The van der Waals surface area contributed by atoms with Crippen LogP contribution in [0.25, 0.3) is 0 Å². The summed E-state index contributed by atoms with van der Waals surface area (Å²) in [6, 6.07) is 5.05. The van der Waals surface area contributed by atoms with E-state index in [9.17, 15) is 9.59 Å². The fourth-order valence-electron chi connectivity index (χ4n) is 3.17. The van der Waals surface area contributed by atoms with Crippen molar-refractivity contribution in [2.75, 3.05) is 25.0 Å². The lowest BCUT2D eigenvalue weighted by Gasteiger charge is -2.31. The van der Waals surface area contributed by atoms with Crippen LogP contribution in [0.4, 0.5) is 5.13 Å². The van der Waals surface area contributed by atoms with Crippen LogP contribution in [0.15, 0.2) is 23.6 Å². The van der Waals surface area contributed by atoms with Gasteiger partial charge in [-0.05, 0) is 44.4 Å². The number of carbonyl (C=O) groups excluding carboxylic acids is 2. The number of aryl methyl sites for hydroxylation is 1. The zero-order chi connectivity index (χ0) is 20.8. The van der Waals surface area contributed by atoms with Gasteiger partial charge in [-0.1, -0.05) is 23.2 Å². The molecule has 6 nitrogen and oxygen atoms in total. The molecule has 2 amide bonds. The molecule has 1 saturated heterocycles. The smallest absolute Gasteiger partial charge is 0.229 e. The van der Waals surface area contributed by atoms with Gasteiger partial charge >= 0.3 is 0 Å². The number of nitrogens with zero attached hydrogens (tertiary/aromatic N) is 2. The minimum Gasteiger partial charge on any atom is -0.492 e. The van der Waals surface area contributed by atoms with Crippen molar-refractivity contribution in [2.24, 2.45) is 5.92 Å². The van der Waals surface area contributed by atoms with Gasteiger partial charge in [-0.3, -0.25) is 9.59 Å². The van der Waals surface area contributed by atoms with Crippen LogP contribution in [0.1, 0.15) is 31.4 Å². The summed E-state index contributed by atoms with van der Waals surface area (Å²) in [6.45, 7) is 3.49. The van der Waals surface area contributed by atoms with Gasteiger partial charge in [0.2, 0.25) is 11.8 Å². The number of rotatable bonds is 7. The highest BCUT2D eigenvalue weighted by atomic mass is 35.5. The third kappa shape index (κ3) is 6.32. The molecular weight excluding hydrogens is 433 g/mol. The summed E-state index contributed by atoms with van der Waals surface area (Å²) in [5, 5.41) is 6.41. The number of thiazole rings is 1. The molecule has 0 radical (unpaired) electrons. The first-order valence-corrected chi connectivity index (χ1v) is 11.1. The van der Waals surface area contributed by atoms with Crippen LogP contribution < -0.4 is 10.1 Å². The van der Waals surface area contributed by atoms with Gasteiger partial charge in [-0.15, -0.1) is 11.3 Å². The molecule has 2 heterocycles. The van der Waals surface area contributed by atoms with Gasteiger partial charge in [0.25, 0.3) is 0 Å². The molecule has 2 aromatic rings. The SMILES string of the molecule is Cc1csc(NC(=O)C2CCN(C(=O)CCCOc3ccc(Cl)cc3Cl)CC2)n1. The van der Waals surface area contributed by atoms with Crippen molar-refractivity contribution in [1.29, 1.82) is 0 Å². The number of amides is 2. The zero-order valence-electron chi connectivity index (χ0n) is 16.1. The zero-order valence-corrected chi connectivity index (χ0v) is 18.4. The maximum atomic E-state index is 12.4. The molecule has 1 aromatic carbocycles. The van der Waals surface area contributed by atoms with E-state index in [0.717, 1.165) is 5.69 Å².